The van der Waals surface area contributed by atoms with Crippen LogP contribution in [0.2, 0.25) is 0 Å². The largest absolute Gasteiger partial charge is 0.494 e. The van der Waals surface area contributed by atoms with Crippen molar-refractivity contribution in [3.05, 3.63) is 58.8 Å². The molecule has 2 aromatic rings. The van der Waals surface area contributed by atoms with Gasteiger partial charge < -0.3 is 19.5 Å². The van der Waals surface area contributed by atoms with Crippen LogP contribution < -0.4 is 19.5 Å². The van der Waals surface area contributed by atoms with E-state index in [1.807, 2.05) is 43.3 Å². The maximum atomic E-state index is 12.9. The molecule has 28 heavy (non-hydrogen) atoms. The van der Waals surface area contributed by atoms with E-state index < -0.39 is 0 Å². The first-order valence-corrected chi connectivity index (χ1v) is 9.68. The lowest BCUT2D eigenvalue weighted by atomic mass is 9.75. The van der Waals surface area contributed by atoms with Crippen molar-refractivity contribution >= 4 is 11.5 Å². The number of carbonyl (C=O) groups excluding carboxylic acids is 1. The molecule has 0 radical (unpaired) electrons. The zero-order chi connectivity index (χ0) is 19.7. The second-order valence-electron chi connectivity index (χ2n) is 7.02. The second-order valence-corrected chi connectivity index (χ2v) is 7.02. The normalized spacial score (nSPS) is 18.1. The van der Waals surface area contributed by atoms with Gasteiger partial charge in [-0.15, -0.1) is 0 Å². The highest BCUT2D eigenvalue weighted by molar-refractivity contribution is 6.01. The van der Waals surface area contributed by atoms with E-state index in [-0.39, 0.29) is 11.7 Å². The predicted molar refractivity (Wildman–Crippen MR) is 109 cm³/mol. The summed E-state index contributed by atoms with van der Waals surface area (Å²) in [5.41, 5.74) is 4.95. The lowest BCUT2D eigenvalue weighted by molar-refractivity contribution is -0.116. The van der Waals surface area contributed by atoms with Crippen LogP contribution in [0.1, 0.15) is 43.2 Å². The third-order valence-electron chi connectivity index (χ3n) is 5.42. The molecule has 4 rings (SSSR count). The van der Waals surface area contributed by atoms with Crippen molar-refractivity contribution in [3.8, 4) is 17.2 Å². The molecule has 1 N–H and O–H groups in total. The smallest absolute Gasteiger partial charge is 0.162 e. The highest BCUT2D eigenvalue weighted by atomic mass is 16.5. The Hall–Kier alpha value is -2.95. The molecule has 0 fully saturated rings. The van der Waals surface area contributed by atoms with E-state index in [4.69, 9.17) is 14.2 Å². The van der Waals surface area contributed by atoms with Crippen molar-refractivity contribution in [2.75, 3.05) is 26.1 Å². The lowest BCUT2D eigenvalue weighted by Gasteiger charge is -2.34. The Morgan fingerprint density at radius 3 is 2.43 bits per heavy atom. The third kappa shape index (κ3) is 3.11. The van der Waals surface area contributed by atoms with Crippen molar-refractivity contribution in [2.45, 2.75) is 32.1 Å². The average Bonchev–Trinajstić information content (AvgIpc) is 2.72. The van der Waals surface area contributed by atoms with E-state index in [9.17, 15) is 4.79 Å². The van der Waals surface area contributed by atoms with E-state index in [1.54, 1.807) is 14.2 Å². The van der Waals surface area contributed by atoms with Gasteiger partial charge in [0.05, 0.1) is 20.8 Å². The molecule has 0 unspecified atom stereocenters. The van der Waals surface area contributed by atoms with Crippen molar-refractivity contribution in [1.82, 2.24) is 0 Å². The van der Waals surface area contributed by atoms with E-state index in [2.05, 4.69) is 5.32 Å². The highest BCUT2D eigenvalue weighted by Gasteiger charge is 2.35. The second kappa shape index (κ2) is 7.58. The van der Waals surface area contributed by atoms with Crippen LogP contribution >= 0.6 is 0 Å². The Balaban J connectivity index is 1.88. The first-order chi connectivity index (χ1) is 13.7. The van der Waals surface area contributed by atoms with Gasteiger partial charge in [-0.2, -0.15) is 0 Å². The Kier molecular flexibility index (Phi) is 4.99. The minimum atomic E-state index is -0.130. The molecular weight excluding hydrogens is 354 g/mol. The van der Waals surface area contributed by atoms with Crippen molar-refractivity contribution in [2.24, 2.45) is 0 Å². The number of benzene rings is 2. The molecule has 1 aliphatic heterocycles. The summed E-state index contributed by atoms with van der Waals surface area (Å²) >= 11 is 0. The molecular formula is C23H25NO4. The average molecular weight is 379 g/mol. The molecule has 5 nitrogen and oxygen atoms in total. The zero-order valence-corrected chi connectivity index (χ0v) is 16.5. The summed E-state index contributed by atoms with van der Waals surface area (Å²) < 4.78 is 16.6. The number of carbonyl (C=O) groups is 1. The Labute approximate surface area is 165 Å². The number of allylic oxidation sites excluding steroid dienone is 2. The van der Waals surface area contributed by atoms with Gasteiger partial charge in [-0.25, -0.2) is 0 Å². The Bertz CT molecular complexity index is 930. The van der Waals surface area contributed by atoms with Gasteiger partial charge in [0.2, 0.25) is 0 Å². The van der Waals surface area contributed by atoms with Crippen LogP contribution in [-0.2, 0) is 4.79 Å². The highest BCUT2D eigenvalue weighted by Crippen LogP contribution is 2.48. The fraction of sp³-hybridized carbons (Fsp3) is 0.348. The number of hydrogen-bond acceptors (Lipinski definition) is 5. The van der Waals surface area contributed by atoms with Crippen LogP contribution in [0.3, 0.4) is 0 Å². The van der Waals surface area contributed by atoms with E-state index in [0.29, 0.717) is 24.5 Å². The topological polar surface area (TPSA) is 56.8 Å². The molecule has 0 saturated heterocycles. The summed E-state index contributed by atoms with van der Waals surface area (Å²) in [7, 11) is 3.26. The van der Waals surface area contributed by atoms with Crippen LogP contribution in [-0.4, -0.2) is 26.6 Å². The molecule has 2 aromatic carbocycles. The molecule has 1 atom stereocenters. The lowest BCUT2D eigenvalue weighted by Crippen LogP contribution is -2.27. The van der Waals surface area contributed by atoms with Gasteiger partial charge in [0.15, 0.2) is 17.3 Å². The molecule has 1 heterocycles. The number of anilines is 1. The molecule has 2 aliphatic rings. The van der Waals surface area contributed by atoms with Crippen LogP contribution in [0, 0.1) is 0 Å². The number of ether oxygens (including phenoxy) is 3. The summed E-state index contributed by atoms with van der Waals surface area (Å²) in [5.74, 6) is 2.25. The summed E-state index contributed by atoms with van der Waals surface area (Å²) in [6, 6.07) is 12.0. The molecule has 0 bridgehead atoms. The monoisotopic (exact) mass is 379 g/mol. The first kappa shape index (κ1) is 18.4. The number of methoxy groups -OCH3 is 2. The minimum absolute atomic E-state index is 0.130. The number of ketones is 1. The van der Waals surface area contributed by atoms with Gasteiger partial charge in [0.25, 0.3) is 0 Å². The zero-order valence-electron chi connectivity index (χ0n) is 16.5. The molecule has 0 spiro atoms. The Morgan fingerprint density at radius 2 is 1.75 bits per heavy atom. The summed E-state index contributed by atoms with van der Waals surface area (Å²) in [6.07, 6.45) is 2.35. The maximum absolute atomic E-state index is 12.9. The SMILES string of the molecule is CCOc1ccc([C@H]2C3=C(CCCC3=O)Nc3cc(OC)c(OC)cc32)cc1. The standard InChI is InChI=1S/C23H25NO4/c1-4-28-15-10-8-14(9-11-15)22-16-12-20(26-2)21(27-3)13-18(16)24-17-6-5-7-19(25)23(17)22/h8-13,22,24H,4-7H2,1-3H3/t22-/m1/s1. The summed E-state index contributed by atoms with van der Waals surface area (Å²) in [6.45, 7) is 2.59. The summed E-state index contributed by atoms with van der Waals surface area (Å²) in [4.78, 5) is 12.9. The fourth-order valence-corrected chi connectivity index (χ4v) is 4.16. The van der Waals surface area contributed by atoms with E-state index in [0.717, 1.165) is 46.7 Å². The van der Waals surface area contributed by atoms with Gasteiger partial charge in [-0.1, -0.05) is 12.1 Å². The van der Waals surface area contributed by atoms with Gasteiger partial charge in [-0.3, -0.25) is 4.79 Å². The molecule has 0 aromatic heterocycles. The fourth-order valence-electron chi connectivity index (χ4n) is 4.16. The first-order valence-electron chi connectivity index (χ1n) is 9.68. The van der Waals surface area contributed by atoms with E-state index >= 15 is 0 Å². The number of fused-ring (bicyclic) bond motifs is 1. The maximum Gasteiger partial charge on any atom is 0.162 e. The predicted octanol–water partition coefficient (Wildman–Crippen LogP) is 4.67. The van der Waals surface area contributed by atoms with Crippen molar-refractivity contribution in [3.63, 3.8) is 0 Å². The quantitative estimate of drug-likeness (QED) is 0.818. The number of Topliss-reactive ketones (excluding diaryl/α,β-unsaturated/α-hetero) is 1. The Morgan fingerprint density at radius 1 is 1.04 bits per heavy atom. The number of nitrogens with one attached hydrogen (secondary N) is 1. The van der Waals surface area contributed by atoms with Crippen LogP contribution in [0.15, 0.2) is 47.7 Å². The van der Waals surface area contributed by atoms with Crippen LogP contribution in [0.5, 0.6) is 17.2 Å². The number of hydrogen-bond donors (Lipinski definition) is 1. The van der Waals surface area contributed by atoms with Gasteiger partial charge in [0.1, 0.15) is 5.75 Å². The van der Waals surface area contributed by atoms with Gasteiger partial charge >= 0.3 is 0 Å². The van der Waals surface area contributed by atoms with Crippen LogP contribution in [0.25, 0.3) is 0 Å². The molecule has 146 valence electrons. The minimum Gasteiger partial charge on any atom is -0.494 e. The van der Waals surface area contributed by atoms with Gasteiger partial charge in [-0.05, 0) is 49.1 Å². The van der Waals surface area contributed by atoms with Gasteiger partial charge in [0, 0.05) is 35.4 Å². The molecule has 0 amide bonds. The number of rotatable bonds is 5. The molecule has 1 aliphatic carbocycles. The van der Waals surface area contributed by atoms with E-state index in [1.165, 1.54) is 0 Å². The van der Waals surface area contributed by atoms with Crippen molar-refractivity contribution in [1.29, 1.82) is 0 Å². The summed E-state index contributed by atoms with van der Waals surface area (Å²) in [5, 5.41) is 3.49. The van der Waals surface area contributed by atoms with Crippen LogP contribution in [0.4, 0.5) is 5.69 Å². The van der Waals surface area contributed by atoms with Crippen molar-refractivity contribution < 1.29 is 19.0 Å². The molecule has 0 saturated carbocycles. The molecule has 5 heteroatoms. The third-order valence-corrected chi connectivity index (χ3v) is 5.42.